The number of hydrogen-bond acceptors (Lipinski definition) is 3. The number of guanidine groups is 1. The number of unbranched alkanes of at least 4 members (excludes halogenated alkanes) is 1. The van der Waals surface area contributed by atoms with Crippen LogP contribution in [0.4, 0.5) is 4.39 Å². The maximum atomic E-state index is 13.1. The van der Waals surface area contributed by atoms with Crippen LogP contribution in [0, 0.1) is 5.82 Å². The lowest BCUT2D eigenvalue weighted by Gasteiger charge is -2.15. The van der Waals surface area contributed by atoms with Crippen molar-refractivity contribution in [2.75, 3.05) is 32.8 Å². The van der Waals surface area contributed by atoms with Gasteiger partial charge in [0.15, 0.2) is 5.96 Å². The lowest BCUT2D eigenvalue weighted by atomic mass is 10.3. The molecular formula is C18H31FIN3O2. The van der Waals surface area contributed by atoms with E-state index in [1.807, 2.05) is 20.8 Å². The van der Waals surface area contributed by atoms with E-state index in [-0.39, 0.29) is 35.9 Å². The fourth-order valence-corrected chi connectivity index (χ4v) is 2.05. The number of rotatable bonds is 11. The first kappa shape index (κ1) is 23.9. The average molecular weight is 467 g/mol. The number of halogens is 2. The number of hydrogen-bond donors (Lipinski definition) is 2. The van der Waals surface area contributed by atoms with Gasteiger partial charge in [-0.1, -0.05) is 6.07 Å². The monoisotopic (exact) mass is 467 g/mol. The fourth-order valence-electron chi connectivity index (χ4n) is 2.05. The summed E-state index contributed by atoms with van der Waals surface area (Å²) in [6.07, 6.45) is 1.92. The Morgan fingerprint density at radius 1 is 1.24 bits per heavy atom. The zero-order valence-electron chi connectivity index (χ0n) is 15.4. The Hall–Kier alpha value is -1.09. The van der Waals surface area contributed by atoms with Crippen molar-refractivity contribution in [2.45, 2.75) is 39.7 Å². The number of aliphatic imine (C=N–C) groups is 1. The summed E-state index contributed by atoms with van der Waals surface area (Å²) < 4.78 is 24.1. The van der Waals surface area contributed by atoms with E-state index >= 15 is 0 Å². The molecule has 0 aromatic heterocycles. The predicted octanol–water partition coefficient (Wildman–Crippen LogP) is 3.58. The van der Waals surface area contributed by atoms with Crippen LogP contribution < -0.4 is 15.4 Å². The van der Waals surface area contributed by atoms with Gasteiger partial charge < -0.3 is 20.1 Å². The van der Waals surface area contributed by atoms with E-state index in [0.717, 1.165) is 45.1 Å². The van der Waals surface area contributed by atoms with Crippen molar-refractivity contribution in [3.63, 3.8) is 0 Å². The van der Waals surface area contributed by atoms with Crippen molar-refractivity contribution >= 4 is 29.9 Å². The normalized spacial score (nSPS) is 12.2. The molecule has 2 N–H and O–H groups in total. The molecule has 0 aliphatic heterocycles. The first-order valence-electron chi connectivity index (χ1n) is 8.67. The van der Waals surface area contributed by atoms with Gasteiger partial charge in [0, 0.05) is 32.4 Å². The maximum Gasteiger partial charge on any atom is 0.191 e. The van der Waals surface area contributed by atoms with E-state index in [4.69, 9.17) is 9.47 Å². The Labute approximate surface area is 167 Å². The molecule has 25 heavy (non-hydrogen) atoms. The van der Waals surface area contributed by atoms with Crippen molar-refractivity contribution in [1.29, 1.82) is 0 Å². The molecule has 5 nitrogen and oxygen atoms in total. The highest BCUT2D eigenvalue weighted by Crippen LogP contribution is 2.13. The number of benzene rings is 1. The predicted molar refractivity (Wildman–Crippen MR) is 112 cm³/mol. The average Bonchev–Trinajstić information content (AvgIpc) is 2.55. The van der Waals surface area contributed by atoms with E-state index in [1.165, 1.54) is 12.1 Å². The van der Waals surface area contributed by atoms with Crippen LogP contribution in [0.5, 0.6) is 5.75 Å². The number of nitrogens with one attached hydrogen (secondary N) is 2. The van der Waals surface area contributed by atoms with E-state index in [9.17, 15) is 4.39 Å². The Bertz CT molecular complexity index is 489. The van der Waals surface area contributed by atoms with E-state index in [1.54, 1.807) is 12.1 Å². The summed E-state index contributed by atoms with van der Waals surface area (Å²) >= 11 is 0. The van der Waals surface area contributed by atoms with Crippen LogP contribution in [0.3, 0.4) is 0 Å². The lowest BCUT2D eigenvalue weighted by Crippen LogP contribution is -2.38. The minimum Gasteiger partial charge on any atom is -0.489 e. The van der Waals surface area contributed by atoms with Gasteiger partial charge in [-0.25, -0.2) is 9.38 Å². The number of nitrogens with zero attached hydrogens (tertiary/aromatic N) is 1. The summed E-state index contributed by atoms with van der Waals surface area (Å²) in [5.74, 6) is 0.987. The van der Waals surface area contributed by atoms with Crippen LogP contribution in [0.1, 0.15) is 33.6 Å². The summed E-state index contributed by atoms with van der Waals surface area (Å²) in [5.41, 5.74) is 0. The molecule has 1 aromatic rings. The van der Waals surface area contributed by atoms with Crippen LogP contribution >= 0.6 is 24.0 Å². The molecule has 1 aromatic carbocycles. The molecular weight excluding hydrogens is 436 g/mol. The SMILES string of the molecule is CCNC(=NCC(C)Oc1cccc(F)c1)NCCCCOCC.I. The van der Waals surface area contributed by atoms with E-state index in [0.29, 0.717) is 12.3 Å². The van der Waals surface area contributed by atoms with Gasteiger partial charge in [-0.15, -0.1) is 24.0 Å². The third-order valence-electron chi connectivity index (χ3n) is 3.20. The van der Waals surface area contributed by atoms with Gasteiger partial charge in [0.2, 0.25) is 0 Å². The van der Waals surface area contributed by atoms with Crippen molar-refractivity contribution in [3.05, 3.63) is 30.1 Å². The van der Waals surface area contributed by atoms with Crippen LogP contribution in [-0.4, -0.2) is 44.9 Å². The second kappa shape index (κ2) is 15.2. The fraction of sp³-hybridized carbons (Fsp3) is 0.611. The summed E-state index contributed by atoms with van der Waals surface area (Å²) in [6.45, 7) is 9.64. The molecule has 0 heterocycles. The van der Waals surface area contributed by atoms with Gasteiger partial charge in [-0.3, -0.25) is 0 Å². The molecule has 0 radical (unpaired) electrons. The Kier molecular flexibility index (Phi) is 14.5. The Morgan fingerprint density at radius 2 is 2.04 bits per heavy atom. The Morgan fingerprint density at radius 3 is 2.72 bits per heavy atom. The van der Waals surface area contributed by atoms with Crippen LogP contribution in [0.15, 0.2) is 29.3 Å². The van der Waals surface area contributed by atoms with Crippen molar-refractivity contribution in [1.82, 2.24) is 10.6 Å². The molecule has 1 unspecified atom stereocenters. The molecule has 0 aliphatic carbocycles. The van der Waals surface area contributed by atoms with Crippen molar-refractivity contribution in [3.8, 4) is 5.75 Å². The zero-order valence-corrected chi connectivity index (χ0v) is 17.7. The molecule has 144 valence electrons. The lowest BCUT2D eigenvalue weighted by molar-refractivity contribution is 0.143. The van der Waals surface area contributed by atoms with Crippen LogP contribution in [0.25, 0.3) is 0 Å². The summed E-state index contributed by atoms with van der Waals surface area (Å²) in [7, 11) is 0. The van der Waals surface area contributed by atoms with Gasteiger partial charge in [0.1, 0.15) is 17.7 Å². The molecule has 0 fully saturated rings. The first-order chi connectivity index (χ1) is 11.7. The van der Waals surface area contributed by atoms with E-state index in [2.05, 4.69) is 15.6 Å². The highest BCUT2D eigenvalue weighted by molar-refractivity contribution is 14.0. The van der Waals surface area contributed by atoms with Crippen molar-refractivity contribution < 1.29 is 13.9 Å². The van der Waals surface area contributed by atoms with Gasteiger partial charge >= 0.3 is 0 Å². The van der Waals surface area contributed by atoms with E-state index < -0.39 is 0 Å². The highest BCUT2D eigenvalue weighted by atomic mass is 127. The van der Waals surface area contributed by atoms with Gasteiger partial charge in [-0.2, -0.15) is 0 Å². The molecule has 0 saturated carbocycles. The van der Waals surface area contributed by atoms with Crippen LogP contribution in [0.2, 0.25) is 0 Å². The quantitative estimate of drug-likeness (QED) is 0.226. The molecule has 0 saturated heterocycles. The molecule has 0 spiro atoms. The molecule has 1 rings (SSSR count). The van der Waals surface area contributed by atoms with Gasteiger partial charge in [0.05, 0.1) is 6.54 Å². The van der Waals surface area contributed by atoms with Crippen molar-refractivity contribution in [2.24, 2.45) is 4.99 Å². The summed E-state index contributed by atoms with van der Waals surface area (Å²) in [4.78, 5) is 4.51. The third kappa shape index (κ3) is 12.0. The second-order valence-corrected chi connectivity index (χ2v) is 5.44. The molecule has 0 amide bonds. The minimum absolute atomic E-state index is 0. The molecule has 0 bridgehead atoms. The van der Waals surface area contributed by atoms with Crippen LogP contribution in [-0.2, 0) is 4.74 Å². The topological polar surface area (TPSA) is 54.9 Å². The largest absolute Gasteiger partial charge is 0.489 e. The van der Waals surface area contributed by atoms with Gasteiger partial charge in [-0.05, 0) is 45.7 Å². The second-order valence-electron chi connectivity index (χ2n) is 5.44. The third-order valence-corrected chi connectivity index (χ3v) is 3.20. The molecule has 0 aliphatic rings. The Balaban J connectivity index is 0.00000576. The minimum atomic E-state index is -0.301. The maximum absolute atomic E-state index is 13.1. The van der Waals surface area contributed by atoms with Gasteiger partial charge in [0.25, 0.3) is 0 Å². The first-order valence-corrected chi connectivity index (χ1v) is 8.67. The standard InChI is InChI=1S/C18H30FN3O2.HI/c1-4-20-18(21-11-6-7-12-23-5-2)22-14-15(3)24-17-10-8-9-16(19)13-17;/h8-10,13,15H,4-7,11-12,14H2,1-3H3,(H2,20,21,22);1H. The summed E-state index contributed by atoms with van der Waals surface area (Å²) in [5, 5.41) is 6.50. The smallest absolute Gasteiger partial charge is 0.191 e. The molecule has 7 heteroatoms. The zero-order chi connectivity index (χ0) is 17.6. The highest BCUT2D eigenvalue weighted by Gasteiger charge is 2.05. The molecule has 1 atom stereocenters. The summed E-state index contributed by atoms with van der Waals surface area (Å²) in [6, 6.07) is 6.15. The number of ether oxygens (including phenoxy) is 2.